The maximum Gasteiger partial charge on any atom is 0.409 e. The molecule has 1 unspecified atom stereocenters. The number of benzene rings is 2. The first-order chi connectivity index (χ1) is 33.2. The van der Waals surface area contributed by atoms with Crippen LogP contribution in [-0.4, -0.2) is 177 Å². The zero-order valence-electron chi connectivity index (χ0n) is 39.5. The zero-order chi connectivity index (χ0) is 47.8. The van der Waals surface area contributed by atoms with Crippen LogP contribution in [0.1, 0.15) is 52.9 Å². The smallest absolute Gasteiger partial charge is 0.409 e. The topological polar surface area (TPSA) is 261 Å². The number of nitrogens with one attached hydrogen (secondary N) is 8. The fourth-order valence-corrected chi connectivity index (χ4v) is 7.97. The molecule has 6 rings (SSSR count). The maximum absolute atomic E-state index is 13.4. The number of esters is 1. The van der Waals surface area contributed by atoms with Crippen LogP contribution in [0, 0.1) is 0 Å². The highest BCUT2D eigenvalue weighted by molar-refractivity contribution is 5.97. The molecule has 0 aliphatic carbocycles. The third-order valence-electron chi connectivity index (χ3n) is 11.8. The normalized spacial score (nSPS) is 17.8. The summed E-state index contributed by atoms with van der Waals surface area (Å²) < 4.78 is 10.5. The Morgan fingerprint density at radius 2 is 1.28 bits per heavy atom. The highest BCUT2D eigenvalue weighted by Crippen LogP contribution is 2.14. The van der Waals surface area contributed by atoms with Crippen LogP contribution < -0.4 is 48.5 Å². The van der Waals surface area contributed by atoms with Crippen molar-refractivity contribution in [2.24, 2.45) is 0 Å². The van der Waals surface area contributed by atoms with Crippen molar-refractivity contribution in [2.45, 2.75) is 51.4 Å². The van der Waals surface area contributed by atoms with Gasteiger partial charge >= 0.3 is 12.1 Å². The summed E-state index contributed by atoms with van der Waals surface area (Å²) in [7, 11) is 1.21. The number of amides is 2. The molecular weight excluding hydrogens is 871 g/mol. The van der Waals surface area contributed by atoms with E-state index in [1.165, 1.54) is 24.4 Å². The summed E-state index contributed by atoms with van der Waals surface area (Å²) >= 11 is 0. The molecule has 0 saturated carbocycles. The highest BCUT2D eigenvalue weighted by atomic mass is 16.6. The lowest BCUT2D eigenvalue weighted by molar-refractivity contribution is -0.143. The molecule has 0 spiro atoms. The molecule has 68 heavy (non-hydrogen) atoms. The van der Waals surface area contributed by atoms with Crippen molar-refractivity contribution in [1.29, 1.82) is 0 Å². The summed E-state index contributed by atoms with van der Waals surface area (Å²) in [5, 5.41) is 23.5. The first-order valence-electron chi connectivity index (χ1n) is 24.0. The van der Waals surface area contributed by atoms with Gasteiger partial charge in [-0.05, 0) is 107 Å². The number of anilines is 2. The lowest BCUT2D eigenvalue weighted by Crippen LogP contribution is -2.47. The second-order valence-corrected chi connectivity index (χ2v) is 17.1. The fraction of sp³-hybridized carbons (Fsp3) is 0.553. The van der Waals surface area contributed by atoms with Gasteiger partial charge in [0.15, 0.2) is 17.2 Å². The van der Waals surface area contributed by atoms with Crippen LogP contribution in [0.3, 0.4) is 0 Å². The number of carbonyl (C=O) groups is 3. The molecule has 10 N–H and O–H groups in total. The second kappa shape index (κ2) is 28.5. The molecule has 2 aromatic carbocycles. The molecule has 1 atom stereocenters. The van der Waals surface area contributed by atoms with Gasteiger partial charge in [0.25, 0.3) is 11.5 Å². The monoisotopic (exact) mass is 942 g/mol. The van der Waals surface area contributed by atoms with Crippen molar-refractivity contribution < 1.29 is 23.9 Å². The van der Waals surface area contributed by atoms with Gasteiger partial charge < -0.3 is 57.3 Å². The van der Waals surface area contributed by atoms with Gasteiger partial charge in [-0.25, -0.2) is 19.6 Å². The molecule has 4 heterocycles. The predicted molar refractivity (Wildman–Crippen MR) is 262 cm³/mol. The van der Waals surface area contributed by atoms with Crippen LogP contribution in [-0.2, 0) is 33.9 Å². The Bertz CT molecular complexity index is 2180. The number of hydrogen-bond acceptors (Lipinski definition) is 18. The maximum atomic E-state index is 13.4. The molecule has 2 saturated heterocycles. The molecule has 21 nitrogen and oxygen atoms in total. The van der Waals surface area contributed by atoms with Gasteiger partial charge in [0, 0.05) is 83.2 Å². The van der Waals surface area contributed by atoms with Gasteiger partial charge in [-0.2, -0.15) is 4.98 Å². The van der Waals surface area contributed by atoms with Crippen LogP contribution >= 0.6 is 0 Å². The van der Waals surface area contributed by atoms with Gasteiger partial charge in [-0.1, -0.05) is 24.3 Å². The minimum absolute atomic E-state index is 0.0430. The summed E-state index contributed by atoms with van der Waals surface area (Å²) in [5.41, 5.74) is 9.39. The SMILES string of the molecule is COC(=O)C(COC(=O)N1CCCNCCN(Cc2ccc(CN3CCCNCCNCCCNCC3)cc2)CCCNCC1)NC(=O)c1ccc(NCc2cnc3nc(N)[nH]c(=O)c3n2)cc1. The van der Waals surface area contributed by atoms with Crippen LogP contribution in [0.15, 0.2) is 59.5 Å². The molecule has 2 amide bonds. The van der Waals surface area contributed by atoms with Crippen molar-refractivity contribution in [2.75, 3.05) is 129 Å². The number of nitrogens with two attached hydrogens (primary N) is 1. The molecule has 4 aromatic rings. The molecule has 2 aliphatic heterocycles. The number of H-pyrrole nitrogens is 1. The minimum Gasteiger partial charge on any atom is -0.467 e. The largest absolute Gasteiger partial charge is 0.467 e. The Labute approximate surface area is 398 Å². The number of aromatic amines is 1. The molecular formula is C47H71N15O6. The number of nitrogens with zero attached hydrogens (tertiary/aromatic N) is 6. The summed E-state index contributed by atoms with van der Waals surface area (Å²) in [6.45, 7) is 15.6. The lowest BCUT2D eigenvalue weighted by Gasteiger charge is -2.26. The van der Waals surface area contributed by atoms with Gasteiger partial charge in [-0.15, -0.1) is 0 Å². The van der Waals surface area contributed by atoms with E-state index in [2.05, 4.69) is 91.2 Å². The molecule has 21 heteroatoms. The van der Waals surface area contributed by atoms with E-state index in [0.29, 0.717) is 37.4 Å². The Kier molecular flexibility index (Phi) is 21.6. The molecule has 0 bridgehead atoms. The van der Waals surface area contributed by atoms with Crippen molar-refractivity contribution in [1.82, 2.24) is 66.5 Å². The number of ether oxygens (including phenoxy) is 2. The van der Waals surface area contributed by atoms with Crippen molar-refractivity contribution >= 4 is 40.8 Å². The van der Waals surface area contributed by atoms with Crippen LogP contribution in [0.2, 0.25) is 0 Å². The standard InChI is InChI=1S/C47H71N15O6/c1-67-45(65)40(57-43(63)37-10-12-38(13-11-37)54-30-39-31-55-42-41(56-39)44(64)59-46(48)58-42)34-68-47(66)62-26-5-18-52-22-28-61(25-4-17-53-23-29-62)33-36-8-6-35(7-9-36)32-60-24-3-16-50-20-19-49-14-2-15-51-21-27-60/h6-13,31,40,49-54H,2-5,14-30,32-34H2,1H3,(H,57,63)(H3,48,55,58,59,64). The number of methoxy groups -OCH3 is 1. The predicted octanol–water partition coefficient (Wildman–Crippen LogP) is 0.457. The number of nitrogen functional groups attached to an aromatic ring is 1. The van der Waals surface area contributed by atoms with E-state index in [-0.39, 0.29) is 29.2 Å². The van der Waals surface area contributed by atoms with Crippen molar-refractivity contribution in [3.8, 4) is 0 Å². The summed E-state index contributed by atoms with van der Waals surface area (Å²) in [6, 6.07) is 14.4. The fourth-order valence-electron chi connectivity index (χ4n) is 7.97. The van der Waals surface area contributed by atoms with E-state index < -0.39 is 36.2 Å². The summed E-state index contributed by atoms with van der Waals surface area (Å²) in [6.07, 6.45) is 4.86. The lowest BCUT2D eigenvalue weighted by atomic mass is 10.1. The van der Waals surface area contributed by atoms with Crippen LogP contribution in [0.5, 0.6) is 0 Å². The average Bonchev–Trinajstić information content (AvgIpc) is 3.34. The number of rotatable bonds is 12. The van der Waals surface area contributed by atoms with E-state index in [1.54, 1.807) is 29.2 Å². The Morgan fingerprint density at radius 1 is 0.706 bits per heavy atom. The van der Waals surface area contributed by atoms with E-state index in [1.807, 2.05) is 0 Å². The summed E-state index contributed by atoms with van der Waals surface area (Å²) in [5.74, 6) is -1.34. The average molecular weight is 942 g/mol. The molecule has 2 fully saturated rings. The van der Waals surface area contributed by atoms with Crippen molar-refractivity contribution in [3.05, 3.63) is 87.5 Å². The molecule has 2 aromatic heterocycles. The highest BCUT2D eigenvalue weighted by Gasteiger charge is 2.26. The third kappa shape index (κ3) is 17.7. The number of aromatic nitrogens is 4. The number of fused-ring (bicyclic) bond motifs is 1. The molecule has 0 radical (unpaired) electrons. The van der Waals surface area contributed by atoms with Gasteiger partial charge in [-0.3, -0.25) is 24.4 Å². The summed E-state index contributed by atoms with van der Waals surface area (Å²) in [4.78, 5) is 73.1. The molecule has 2 aliphatic rings. The molecule has 370 valence electrons. The van der Waals surface area contributed by atoms with E-state index >= 15 is 0 Å². The minimum atomic E-state index is -1.23. The zero-order valence-corrected chi connectivity index (χ0v) is 39.5. The van der Waals surface area contributed by atoms with E-state index in [9.17, 15) is 19.2 Å². The van der Waals surface area contributed by atoms with Gasteiger partial charge in [0.2, 0.25) is 5.95 Å². The van der Waals surface area contributed by atoms with Crippen molar-refractivity contribution in [3.63, 3.8) is 0 Å². The number of carbonyl (C=O) groups excluding carboxylic acids is 3. The third-order valence-corrected chi connectivity index (χ3v) is 11.8. The number of hydrogen-bond donors (Lipinski definition) is 9. The Balaban J connectivity index is 0.912. The first kappa shape index (κ1) is 51.6. The Hall–Kier alpha value is -5.81. The van der Waals surface area contributed by atoms with Crippen LogP contribution in [0.25, 0.3) is 11.2 Å². The van der Waals surface area contributed by atoms with Gasteiger partial charge in [0.1, 0.15) is 6.61 Å². The van der Waals surface area contributed by atoms with E-state index in [4.69, 9.17) is 15.2 Å². The van der Waals surface area contributed by atoms with E-state index in [0.717, 1.165) is 117 Å². The first-order valence-corrected chi connectivity index (χ1v) is 24.0. The second-order valence-electron chi connectivity index (χ2n) is 17.1. The quantitative estimate of drug-likeness (QED) is 0.0874. The van der Waals surface area contributed by atoms with Crippen LogP contribution in [0.4, 0.5) is 16.4 Å². The van der Waals surface area contributed by atoms with Gasteiger partial charge in [0.05, 0.1) is 25.5 Å². The Morgan fingerprint density at radius 3 is 1.90 bits per heavy atom.